The van der Waals surface area contributed by atoms with Gasteiger partial charge in [0.15, 0.2) is 6.29 Å². The smallest absolute Gasteiger partial charge is 0.305 e. The molecule has 1 saturated heterocycles. The molecule has 76 heavy (non-hydrogen) atoms. The van der Waals surface area contributed by atoms with Crippen molar-refractivity contribution < 1.29 is 49.3 Å². The van der Waals surface area contributed by atoms with Crippen LogP contribution in [-0.4, -0.2) is 100 Å². The van der Waals surface area contributed by atoms with E-state index in [0.29, 0.717) is 19.4 Å². The van der Waals surface area contributed by atoms with E-state index in [4.69, 9.17) is 14.2 Å². The molecule has 1 fully saturated rings. The Kier molecular flexibility index (Phi) is 51.9. The number of ether oxygens (including phenoxy) is 3. The van der Waals surface area contributed by atoms with Gasteiger partial charge in [-0.05, 0) is 70.6 Å². The molecule has 0 aromatic rings. The van der Waals surface area contributed by atoms with E-state index < -0.39 is 49.5 Å². The quantitative estimate of drug-likeness (QED) is 0.0195. The van der Waals surface area contributed by atoms with E-state index in [9.17, 15) is 35.1 Å². The molecular formula is C65H121NO10. The molecule has 0 saturated carbocycles. The number of amides is 1. The van der Waals surface area contributed by atoms with E-state index in [-0.39, 0.29) is 18.5 Å². The van der Waals surface area contributed by atoms with Gasteiger partial charge in [-0.2, -0.15) is 0 Å². The van der Waals surface area contributed by atoms with Gasteiger partial charge in [-0.15, -0.1) is 0 Å². The highest BCUT2D eigenvalue weighted by atomic mass is 16.7. The number of aliphatic hydroxyl groups excluding tert-OH is 5. The Morgan fingerprint density at radius 3 is 1.33 bits per heavy atom. The molecule has 1 rings (SSSR count). The molecule has 1 aliphatic heterocycles. The Hall–Kier alpha value is -2.12. The Labute approximate surface area is 466 Å². The summed E-state index contributed by atoms with van der Waals surface area (Å²) in [6.45, 7) is 4.28. The number of allylic oxidation sites excluding steroid dienone is 5. The highest BCUT2D eigenvalue weighted by molar-refractivity contribution is 5.76. The molecule has 1 amide bonds. The first-order chi connectivity index (χ1) is 37.2. The Bertz CT molecular complexity index is 1360. The molecule has 0 radical (unpaired) electrons. The Morgan fingerprint density at radius 1 is 0.474 bits per heavy atom. The minimum Gasteiger partial charge on any atom is -0.466 e. The highest BCUT2D eigenvalue weighted by Gasteiger charge is 2.44. The molecule has 446 valence electrons. The summed E-state index contributed by atoms with van der Waals surface area (Å²) in [5, 5.41) is 54.2. The molecule has 6 N–H and O–H groups in total. The Morgan fingerprint density at radius 2 is 0.855 bits per heavy atom. The van der Waals surface area contributed by atoms with Gasteiger partial charge in [-0.1, -0.05) is 256 Å². The van der Waals surface area contributed by atoms with Crippen LogP contribution >= 0.6 is 0 Å². The maximum Gasteiger partial charge on any atom is 0.305 e. The predicted octanol–water partition coefficient (Wildman–Crippen LogP) is 15.5. The average molecular weight is 1080 g/mol. The van der Waals surface area contributed by atoms with Crippen molar-refractivity contribution in [3.63, 3.8) is 0 Å². The van der Waals surface area contributed by atoms with E-state index in [1.54, 1.807) is 6.08 Å². The summed E-state index contributed by atoms with van der Waals surface area (Å²) in [6, 6.07) is -0.833. The molecule has 11 heteroatoms. The van der Waals surface area contributed by atoms with Crippen LogP contribution in [0.5, 0.6) is 0 Å². The monoisotopic (exact) mass is 1080 g/mol. The van der Waals surface area contributed by atoms with Crippen LogP contribution in [0.3, 0.4) is 0 Å². The van der Waals surface area contributed by atoms with Gasteiger partial charge in [0.2, 0.25) is 5.91 Å². The maximum absolute atomic E-state index is 13.0. The summed E-state index contributed by atoms with van der Waals surface area (Å²) in [7, 11) is 0. The summed E-state index contributed by atoms with van der Waals surface area (Å²) in [6.07, 6.45) is 58.5. The topological polar surface area (TPSA) is 175 Å². The number of esters is 1. The minimum absolute atomic E-state index is 0.00359. The number of unbranched alkanes of at least 4 members (excludes halogenated alkanes) is 38. The molecular weight excluding hydrogens is 955 g/mol. The van der Waals surface area contributed by atoms with Crippen molar-refractivity contribution in [2.75, 3.05) is 19.8 Å². The summed E-state index contributed by atoms with van der Waals surface area (Å²) >= 11 is 0. The van der Waals surface area contributed by atoms with E-state index in [1.807, 2.05) is 6.08 Å². The molecule has 7 unspecified atom stereocenters. The summed E-state index contributed by atoms with van der Waals surface area (Å²) in [5.41, 5.74) is 0. The van der Waals surface area contributed by atoms with Crippen LogP contribution in [-0.2, 0) is 23.8 Å². The number of rotatable bonds is 56. The van der Waals surface area contributed by atoms with Crippen LogP contribution in [0.15, 0.2) is 36.5 Å². The SMILES string of the molecule is CCCCC/C=C/CC/C=C/C(O)C(COC1OC(CO)C(O)C(O)C1O)NC(=O)CCCCCCCCC/C=C\CCCCCCCCCCCOC(=O)CCCCCCCCCCCCCCCCCCCCC. The molecule has 0 aromatic carbocycles. The zero-order chi connectivity index (χ0) is 55.2. The fourth-order valence-electron chi connectivity index (χ4n) is 10.1. The van der Waals surface area contributed by atoms with Crippen molar-refractivity contribution in [1.82, 2.24) is 5.32 Å². The van der Waals surface area contributed by atoms with Gasteiger partial charge in [0.1, 0.15) is 24.4 Å². The zero-order valence-corrected chi connectivity index (χ0v) is 49.2. The fraction of sp³-hybridized carbons (Fsp3) is 0.877. The van der Waals surface area contributed by atoms with E-state index >= 15 is 0 Å². The van der Waals surface area contributed by atoms with Crippen LogP contribution in [0.2, 0.25) is 0 Å². The van der Waals surface area contributed by atoms with E-state index in [0.717, 1.165) is 77.0 Å². The average Bonchev–Trinajstić information content (AvgIpc) is 3.42. The minimum atomic E-state index is -1.58. The number of hydrogen-bond acceptors (Lipinski definition) is 10. The third-order valence-corrected chi connectivity index (χ3v) is 15.2. The van der Waals surface area contributed by atoms with Gasteiger partial charge in [0, 0.05) is 12.8 Å². The lowest BCUT2D eigenvalue weighted by atomic mass is 9.99. The second kappa shape index (κ2) is 54.8. The number of aliphatic hydroxyl groups is 5. The lowest BCUT2D eigenvalue weighted by molar-refractivity contribution is -0.302. The number of carbonyl (C=O) groups is 2. The number of hydrogen-bond donors (Lipinski definition) is 6. The lowest BCUT2D eigenvalue weighted by Crippen LogP contribution is -2.60. The normalized spacial score (nSPS) is 18.9. The summed E-state index contributed by atoms with van der Waals surface area (Å²) in [4.78, 5) is 25.1. The van der Waals surface area contributed by atoms with Crippen molar-refractivity contribution in [2.45, 2.75) is 346 Å². The van der Waals surface area contributed by atoms with Gasteiger partial charge >= 0.3 is 5.97 Å². The lowest BCUT2D eigenvalue weighted by Gasteiger charge is -2.40. The molecule has 0 aliphatic carbocycles. The molecule has 0 aromatic heterocycles. The van der Waals surface area contributed by atoms with Crippen molar-refractivity contribution in [3.05, 3.63) is 36.5 Å². The fourth-order valence-corrected chi connectivity index (χ4v) is 10.1. The molecule has 1 aliphatic rings. The van der Waals surface area contributed by atoms with Crippen LogP contribution < -0.4 is 5.32 Å². The van der Waals surface area contributed by atoms with Gasteiger partial charge in [-0.3, -0.25) is 9.59 Å². The van der Waals surface area contributed by atoms with Crippen LogP contribution in [0, 0.1) is 0 Å². The first kappa shape index (κ1) is 71.9. The molecule has 1 heterocycles. The summed E-state index contributed by atoms with van der Waals surface area (Å²) < 4.78 is 16.7. The number of carbonyl (C=O) groups excluding carboxylic acids is 2. The van der Waals surface area contributed by atoms with E-state index in [1.165, 1.54) is 199 Å². The van der Waals surface area contributed by atoms with Gasteiger partial charge in [0.05, 0.1) is 32.0 Å². The zero-order valence-electron chi connectivity index (χ0n) is 49.2. The summed E-state index contributed by atoms with van der Waals surface area (Å²) in [5.74, 6) is -0.206. The van der Waals surface area contributed by atoms with E-state index in [2.05, 4.69) is 43.5 Å². The van der Waals surface area contributed by atoms with Crippen molar-refractivity contribution in [1.29, 1.82) is 0 Å². The largest absolute Gasteiger partial charge is 0.466 e. The first-order valence-corrected chi connectivity index (χ1v) is 32.3. The molecule has 0 bridgehead atoms. The molecule has 7 atom stereocenters. The predicted molar refractivity (Wildman–Crippen MR) is 315 cm³/mol. The van der Waals surface area contributed by atoms with Gasteiger partial charge < -0.3 is 45.1 Å². The first-order valence-electron chi connectivity index (χ1n) is 32.3. The van der Waals surface area contributed by atoms with Crippen LogP contribution in [0.4, 0.5) is 0 Å². The Balaban J connectivity index is 1.98. The van der Waals surface area contributed by atoms with Crippen molar-refractivity contribution in [2.24, 2.45) is 0 Å². The highest BCUT2D eigenvalue weighted by Crippen LogP contribution is 2.23. The maximum atomic E-state index is 13.0. The molecule has 0 spiro atoms. The standard InChI is InChI=1S/C65H121NO10/c1-3-5-7-9-11-13-14-15-16-17-20-24-27-30-33-37-41-45-49-53-61(70)74-54-50-46-42-38-34-31-28-25-22-19-18-21-23-26-29-32-36-40-44-48-52-60(69)66-57(58(68)51-47-43-39-35-12-10-8-6-4-2)56-75-65-64(73)63(72)62(71)59(55-67)76-65/h12,18,21,35,47,51,57-59,62-65,67-68,71-73H,3-11,13-17,19-20,22-34,36-46,48-50,52-56H2,1-2H3,(H,66,69)/b21-18-,35-12+,51-47+. The van der Waals surface area contributed by atoms with Crippen LogP contribution in [0.25, 0.3) is 0 Å². The van der Waals surface area contributed by atoms with Gasteiger partial charge in [-0.25, -0.2) is 0 Å². The number of nitrogens with one attached hydrogen (secondary N) is 1. The van der Waals surface area contributed by atoms with Crippen LogP contribution in [0.1, 0.15) is 303 Å². The second-order valence-electron chi connectivity index (χ2n) is 22.5. The molecule has 11 nitrogen and oxygen atoms in total. The second-order valence-corrected chi connectivity index (χ2v) is 22.5. The van der Waals surface area contributed by atoms with Crippen molar-refractivity contribution in [3.8, 4) is 0 Å². The third-order valence-electron chi connectivity index (χ3n) is 15.2. The third kappa shape index (κ3) is 43.7. The van der Waals surface area contributed by atoms with Crippen molar-refractivity contribution >= 4 is 11.9 Å². The van der Waals surface area contributed by atoms with Gasteiger partial charge in [0.25, 0.3) is 0 Å².